The van der Waals surface area contributed by atoms with Crippen LogP contribution < -0.4 is 0 Å². The van der Waals surface area contributed by atoms with Crippen molar-refractivity contribution in [3.63, 3.8) is 0 Å². The third kappa shape index (κ3) is 2.91. The Morgan fingerprint density at radius 1 is 1.33 bits per heavy atom. The van der Waals surface area contributed by atoms with Crippen LogP contribution in [0.25, 0.3) is 0 Å². The molecule has 0 aromatic heterocycles. The fourth-order valence-electron chi connectivity index (χ4n) is 1.39. The molecule has 0 aliphatic heterocycles. The monoisotopic (exact) mass is 227 g/mol. The number of rotatable bonds is 4. The highest BCUT2D eigenvalue weighted by Gasteiger charge is 2.26. The van der Waals surface area contributed by atoms with E-state index in [4.69, 9.17) is 4.52 Å². The van der Waals surface area contributed by atoms with Gasteiger partial charge in [0.05, 0.1) is 0 Å². The predicted octanol–water partition coefficient (Wildman–Crippen LogP) is 3.15. The van der Waals surface area contributed by atoms with Gasteiger partial charge in [-0.05, 0) is 19.5 Å². The molecule has 0 fully saturated rings. The fraction of sp³-hybridized carbons (Fsp3) is 0.455. The predicted molar refractivity (Wildman–Crippen MR) is 63.2 cm³/mol. The van der Waals surface area contributed by atoms with E-state index in [0.29, 0.717) is 0 Å². The zero-order chi connectivity index (χ0) is 11.5. The third-order valence-corrected chi connectivity index (χ3v) is 4.92. The first-order valence-corrected chi connectivity index (χ1v) is 6.93. The highest BCUT2D eigenvalue weighted by atomic mass is 31.2. The van der Waals surface area contributed by atoms with E-state index in [-0.39, 0.29) is 6.04 Å². The molecule has 0 aliphatic rings. The summed E-state index contributed by atoms with van der Waals surface area (Å²) in [4.78, 5) is 0. The molecule has 2 unspecified atom stereocenters. The molecule has 0 saturated carbocycles. The van der Waals surface area contributed by atoms with E-state index in [2.05, 4.69) is 0 Å². The van der Waals surface area contributed by atoms with Crippen molar-refractivity contribution in [1.29, 1.82) is 0 Å². The zero-order valence-corrected chi connectivity index (χ0v) is 10.6. The van der Waals surface area contributed by atoms with Crippen molar-refractivity contribution >= 4 is 7.52 Å². The van der Waals surface area contributed by atoms with Crippen molar-refractivity contribution in [2.24, 2.45) is 0 Å². The molecule has 1 aromatic carbocycles. The summed E-state index contributed by atoms with van der Waals surface area (Å²) in [5.41, 5.74) is 1.14. The summed E-state index contributed by atoms with van der Waals surface area (Å²) in [6, 6.07) is 10.1. The molecule has 1 aromatic rings. The van der Waals surface area contributed by atoms with Gasteiger partial charge in [-0.1, -0.05) is 30.3 Å². The molecule has 3 nitrogen and oxygen atoms in total. The van der Waals surface area contributed by atoms with E-state index in [1.807, 2.05) is 44.3 Å². The fourth-order valence-corrected chi connectivity index (χ4v) is 2.41. The van der Waals surface area contributed by atoms with Gasteiger partial charge in [0.25, 0.3) is 7.52 Å². The Balaban J connectivity index is 2.87. The van der Waals surface area contributed by atoms with E-state index in [1.54, 1.807) is 11.3 Å². The van der Waals surface area contributed by atoms with Crippen LogP contribution in [0.3, 0.4) is 0 Å². The van der Waals surface area contributed by atoms with Crippen molar-refractivity contribution in [3.8, 4) is 0 Å². The summed E-state index contributed by atoms with van der Waals surface area (Å²) in [5, 5.41) is 0. The van der Waals surface area contributed by atoms with Gasteiger partial charge in [-0.3, -0.25) is 4.57 Å². The molecule has 0 N–H and O–H groups in total. The standard InChI is InChI=1S/C11H18NO2P/c1-10(11-8-6-5-7-9-11)12(2)15(4,13)14-3/h5-10H,1-4H3. The Hall–Kier alpha value is -0.630. The van der Waals surface area contributed by atoms with E-state index >= 15 is 0 Å². The Labute approximate surface area is 91.6 Å². The molecule has 0 saturated heterocycles. The first-order valence-electron chi connectivity index (χ1n) is 4.90. The minimum absolute atomic E-state index is 0.0852. The van der Waals surface area contributed by atoms with Crippen LogP contribution in [0.1, 0.15) is 18.5 Å². The van der Waals surface area contributed by atoms with Crippen LogP contribution in [0.15, 0.2) is 30.3 Å². The van der Waals surface area contributed by atoms with Crippen molar-refractivity contribution in [2.75, 3.05) is 20.8 Å². The summed E-state index contributed by atoms with van der Waals surface area (Å²) in [5.74, 6) is 0. The van der Waals surface area contributed by atoms with Gasteiger partial charge in [-0.25, -0.2) is 4.67 Å². The molecule has 1 rings (SSSR count). The summed E-state index contributed by atoms with van der Waals surface area (Å²) >= 11 is 0. The number of nitrogens with zero attached hydrogens (tertiary/aromatic N) is 1. The van der Waals surface area contributed by atoms with Crippen molar-refractivity contribution in [2.45, 2.75) is 13.0 Å². The van der Waals surface area contributed by atoms with Crippen LogP contribution in [0.4, 0.5) is 0 Å². The van der Waals surface area contributed by atoms with Gasteiger partial charge < -0.3 is 4.52 Å². The summed E-state index contributed by atoms with van der Waals surface area (Å²) < 4.78 is 18.8. The van der Waals surface area contributed by atoms with Gasteiger partial charge in [0.1, 0.15) is 0 Å². The molecule has 0 radical (unpaired) electrons. The molecular formula is C11H18NO2P. The van der Waals surface area contributed by atoms with Crippen LogP contribution in [0.2, 0.25) is 0 Å². The lowest BCUT2D eigenvalue weighted by molar-refractivity contribution is 0.303. The zero-order valence-electron chi connectivity index (χ0n) is 9.68. The van der Waals surface area contributed by atoms with E-state index < -0.39 is 7.52 Å². The Morgan fingerprint density at radius 2 is 1.87 bits per heavy atom. The topological polar surface area (TPSA) is 29.5 Å². The van der Waals surface area contributed by atoms with Gasteiger partial charge >= 0.3 is 0 Å². The molecule has 15 heavy (non-hydrogen) atoms. The number of benzene rings is 1. The summed E-state index contributed by atoms with van der Waals surface area (Å²) in [7, 11) is 0.650. The average molecular weight is 227 g/mol. The first-order chi connectivity index (χ1) is 6.99. The molecule has 0 spiro atoms. The molecule has 84 valence electrons. The number of hydrogen-bond donors (Lipinski definition) is 0. The second-order valence-electron chi connectivity index (χ2n) is 3.65. The molecule has 0 heterocycles. The minimum Gasteiger partial charge on any atom is -0.321 e. The second-order valence-corrected chi connectivity index (χ2v) is 6.25. The maximum atomic E-state index is 12.0. The van der Waals surface area contributed by atoms with Gasteiger partial charge in [0.2, 0.25) is 0 Å². The minimum atomic E-state index is -2.65. The Morgan fingerprint density at radius 3 is 2.33 bits per heavy atom. The third-order valence-electron chi connectivity index (χ3n) is 2.75. The van der Waals surface area contributed by atoms with E-state index in [0.717, 1.165) is 5.56 Å². The molecule has 2 atom stereocenters. The summed E-state index contributed by atoms with van der Waals surface area (Å²) in [6.45, 7) is 3.65. The smallest absolute Gasteiger partial charge is 0.269 e. The van der Waals surface area contributed by atoms with Crippen LogP contribution >= 0.6 is 7.52 Å². The van der Waals surface area contributed by atoms with Crippen LogP contribution in [0.5, 0.6) is 0 Å². The van der Waals surface area contributed by atoms with Gasteiger partial charge in [-0.15, -0.1) is 0 Å². The molecule has 0 aliphatic carbocycles. The molecular weight excluding hydrogens is 209 g/mol. The van der Waals surface area contributed by atoms with Gasteiger partial charge in [-0.2, -0.15) is 0 Å². The molecule has 4 heteroatoms. The van der Waals surface area contributed by atoms with Gasteiger partial charge in [0, 0.05) is 19.8 Å². The Kier molecular flexibility index (Phi) is 4.09. The first kappa shape index (κ1) is 12.4. The van der Waals surface area contributed by atoms with Gasteiger partial charge in [0.15, 0.2) is 0 Å². The lowest BCUT2D eigenvalue weighted by atomic mass is 10.1. The highest BCUT2D eigenvalue weighted by molar-refractivity contribution is 7.55. The highest BCUT2D eigenvalue weighted by Crippen LogP contribution is 2.49. The van der Waals surface area contributed by atoms with Crippen LogP contribution in [-0.2, 0) is 9.09 Å². The summed E-state index contributed by atoms with van der Waals surface area (Å²) in [6.07, 6.45) is 0. The normalized spacial score (nSPS) is 17.4. The SMILES string of the molecule is COP(C)(=O)N(C)C(C)c1ccccc1. The maximum absolute atomic E-state index is 12.0. The lowest BCUT2D eigenvalue weighted by Crippen LogP contribution is -2.19. The second kappa shape index (κ2) is 4.93. The quantitative estimate of drug-likeness (QED) is 0.740. The van der Waals surface area contributed by atoms with Crippen LogP contribution in [0, 0.1) is 0 Å². The largest absolute Gasteiger partial charge is 0.321 e. The van der Waals surface area contributed by atoms with Crippen molar-refractivity contribution in [1.82, 2.24) is 4.67 Å². The van der Waals surface area contributed by atoms with Crippen molar-refractivity contribution < 1.29 is 9.09 Å². The Bertz CT molecular complexity index is 353. The van der Waals surface area contributed by atoms with Crippen LogP contribution in [-0.4, -0.2) is 25.5 Å². The molecule has 0 bridgehead atoms. The van der Waals surface area contributed by atoms with Crippen molar-refractivity contribution in [3.05, 3.63) is 35.9 Å². The maximum Gasteiger partial charge on any atom is 0.269 e. The van der Waals surface area contributed by atoms with E-state index in [1.165, 1.54) is 7.11 Å². The number of hydrogen-bond acceptors (Lipinski definition) is 2. The lowest BCUT2D eigenvalue weighted by Gasteiger charge is -2.29. The van der Waals surface area contributed by atoms with E-state index in [9.17, 15) is 4.57 Å². The molecule has 0 amide bonds. The average Bonchev–Trinajstić information content (AvgIpc) is 2.28.